The van der Waals surface area contributed by atoms with Crippen molar-refractivity contribution in [2.45, 2.75) is 12.3 Å². The first-order valence-corrected chi connectivity index (χ1v) is 9.84. The fourth-order valence-electron chi connectivity index (χ4n) is 3.58. The lowest BCUT2D eigenvalue weighted by atomic mass is 9.88. The van der Waals surface area contributed by atoms with Gasteiger partial charge in [-0.15, -0.1) is 0 Å². The molecule has 1 saturated heterocycles. The van der Waals surface area contributed by atoms with E-state index in [1.165, 1.54) is 0 Å². The van der Waals surface area contributed by atoms with Crippen LogP contribution >= 0.6 is 11.6 Å². The summed E-state index contributed by atoms with van der Waals surface area (Å²) in [6.45, 7) is 5.02. The van der Waals surface area contributed by atoms with E-state index in [-0.39, 0.29) is 11.8 Å². The number of carbonyl (C=O) groups excluding carboxylic acids is 1. The summed E-state index contributed by atoms with van der Waals surface area (Å²) in [5.41, 5.74) is 2.23. The van der Waals surface area contributed by atoms with Gasteiger partial charge in [-0.2, -0.15) is 0 Å². The lowest BCUT2D eigenvalue weighted by Crippen LogP contribution is -2.49. The lowest BCUT2D eigenvalue weighted by molar-refractivity contribution is -0.133. The van der Waals surface area contributed by atoms with E-state index in [0.717, 1.165) is 50.5 Å². The van der Waals surface area contributed by atoms with E-state index in [2.05, 4.69) is 23.1 Å². The molecule has 144 valence electrons. The van der Waals surface area contributed by atoms with Crippen LogP contribution in [0.15, 0.2) is 54.6 Å². The zero-order chi connectivity index (χ0) is 19.1. The van der Waals surface area contributed by atoms with Crippen molar-refractivity contribution in [2.24, 2.45) is 0 Å². The standard InChI is InChI=1S/C22H27ClN2O2/c1-27-15-14-24-10-12-25(13-11-24)22(26)17-21(18-6-3-2-4-7-18)19-8-5-9-20(23)16-19/h2-9,16,21H,10-15,17H2,1H3/t21-/m1/s1. The van der Waals surface area contributed by atoms with Crippen molar-refractivity contribution in [3.63, 3.8) is 0 Å². The van der Waals surface area contributed by atoms with Gasteiger partial charge in [0.05, 0.1) is 6.61 Å². The van der Waals surface area contributed by atoms with E-state index in [4.69, 9.17) is 16.3 Å². The van der Waals surface area contributed by atoms with Crippen LogP contribution in [0.25, 0.3) is 0 Å². The SMILES string of the molecule is COCCN1CCN(C(=O)C[C@H](c2ccccc2)c2cccc(Cl)c2)CC1. The van der Waals surface area contributed by atoms with E-state index in [0.29, 0.717) is 11.4 Å². The number of methoxy groups -OCH3 is 1. The number of rotatable bonds is 7. The third-order valence-corrected chi connectivity index (χ3v) is 5.40. The fourth-order valence-corrected chi connectivity index (χ4v) is 3.78. The number of amides is 1. The van der Waals surface area contributed by atoms with Crippen LogP contribution in [0.3, 0.4) is 0 Å². The molecular weight excluding hydrogens is 360 g/mol. The van der Waals surface area contributed by atoms with Crippen LogP contribution in [0.5, 0.6) is 0 Å². The first-order valence-electron chi connectivity index (χ1n) is 9.47. The molecule has 1 aliphatic rings. The maximum absolute atomic E-state index is 13.0. The molecule has 4 nitrogen and oxygen atoms in total. The number of carbonyl (C=O) groups is 1. The van der Waals surface area contributed by atoms with Gasteiger partial charge in [0.25, 0.3) is 0 Å². The van der Waals surface area contributed by atoms with Crippen molar-refractivity contribution in [3.05, 3.63) is 70.7 Å². The number of ether oxygens (including phenoxy) is 1. The van der Waals surface area contributed by atoms with E-state index >= 15 is 0 Å². The number of piperazine rings is 1. The molecule has 5 heteroatoms. The predicted molar refractivity (Wildman–Crippen MR) is 109 cm³/mol. The minimum Gasteiger partial charge on any atom is -0.383 e. The molecule has 1 amide bonds. The van der Waals surface area contributed by atoms with Crippen molar-refractivity contribution in [1.82, 2.24) is 9.80 Å². The Morgan fingerprint density at radius 1 is 1.04 bits per heavy atom. The van der Waals surface area contributed by atoms with E-state index in [1.807, 2.05) is 41.3 Å². The Hall–Kier alpha value is -1.88. The minimum absolute atomic E-state index is 0.0175. The molecule has 1 aliphatic heterocycles. The maximum Gasteiger partial charge on any atom is 0.223 e. The average molecular weight is 387 g/mol. The van der Waals surface area contributed by atoms with Crippen molar-refractivity contribution in [3.8, 4) is 0 Å². The van der Waals surface area contributed by atoms with Gasteiger partial charge in [-0.3, -0.25) is 9.69 Å². The van der Waals surface area contributed by atoms with Crippen molar-refractivity contribution in [1.29, 1.82) is 0 Å². The first-order chi connectivity index (χ1) is 13.2. The summed E-state index contributed by atoms with van der Waals surface area (Å²) >= 11 is 6.21. The molecule has 0 spiro atoms. The van der Waals surface area contributed by atoms with Crippen LogP contribution in [0.4, 0.5) is 0 Å². The third kappa shape index (κ3) is 5.55. The van der Waals surface area contributed by atoms with Gasteiger partial charge in [-0.05, 0) is 23.3 Å². The number of benzene rings is 2. The highest BCUT2D eigenvalue weighted by atomic mass is 35.5. The van der Waals surface area contributed by atoms with E-state index in [9.17, 15) is 4.79 Å². The molecule has 1 heterocycles. The van der Waals surface area contributed by atoms with Crippen LogP contribution < -0.4 is 0 Å². The van der Waals surface area contributed by atoms with Gasteiger partial charge in [0.2, 0.25) is 5.91 Å². The molecule has 0 aromatic heterocycles. The predicted octanol–water partition coefficient (Wildman–Crippen LogP) is 3.65. The molecule has 0 aliphatic carbocycles. The Morgan fingerprint density at radius 3 is 2.41 bits per heavy atom. The summed E-state index contributed by atoms with van der Waals surface area (Å²) in [7, 11) is 1.72. The summed E-state index contributed by atoms with van der Waals surface area (Å²) in [6, 6.07) is 18.1. The molecular formula is C22H27ClN2O2. The molecule has 0 unspecified atom stereocenters. The van der Waals surface area contributed by atoms with Crippen molar-refractivity contribution >= 4 is 17.5 Å². The molecule has 2 aromatic rings. The highest BCUT2D eigenvalue weighted by Gasteiger charge is 2.25. The number of hydrogen-bond acceptors (Lipinski definition) is 3. The average Bonchev–Trinajstić information content (AvgIpc) is 2.71. The second kappa shape index (κ2) is 9.88. The van der Waals surface area contributed by atoms with Crippen LogP contribution in [0, 0.1) is 0 Å². The molecule has 0 saturated carbocycles. The van der Waals surface area contributed by atoms with E-state index < -0.39 is 0 Å². The Balaban J connectivity index is 1.69. The van der Waals surface area contributed by atoms with Crippen LogP contribution in [0.2, 0.25) is 5.02 Å². The van der Waals surface area contributed by atoms with E-state index in [1.54, 1.807) is 7.11 Å². The Labute approximate surface area is 166 Å². The maximum atomic E-state index is 13.0. The quantitative estimate of drug-likeness (QED) is 0.728. The number of hydrogen-bond donors (Lipinski definition) is 0. The summed E-state index contributed by atoms with van der Waals surface area (Å²) in [5.74, 6) is 0.221. The van der Waals surface area contributed by atoms with Gasteiger partial charge in [0.1, 0.15) is 0 Å². The zero-order valence-electron chi connectivity index (χ0n) is 15.8. The molecule has 1 fully saturated rings. The van der Waals surface area contributed by atoms with Gasteiger partial charge in [0, 0.05) is 57.2 Å². The lowest BCUT2D eigenvalue weighted by Gasteiger charge is -2.35. The molecule has 27 heavy (non-hydrogen) atoms. The Bertz CT molecular complexity index is 730. The van der Waals surface area contributed by atoms with Crippen LogP contribution in [-0.2, 0) is 9.53 Å². The largest absolute Gasteiger partial charge is 0.383 e. The van der Waals surface area contributed by atoms with Gasteiger partial charge in [0.15, 0.2) is 0 Å². The fraction of sp³-hybridized carbons (Fsp3) is 0.409. The summed E-state index contributed by atoms with van der Waals surface area (Å²) in [6.07, 6.45) is 0.461. The van der Waals surface area contributed by atoms with Crippen molar-refractivity contribution in [2.75, 3.05) is 46.4 Å². The molecule has 3 rings (SSSR count). The summed E-state index contributed by atoms with van der Waals surface area (Å²) in [5, 5.41) is 0.702. The molecule has 0 N–H and O–H groups in total. The number of halogens is 1. The second-order valence-corrected chi connectivity index (χ2v) is 7.37. The van der Waals surface area contributed by atoms with Gasteiger partial charge in [-0.1, -0.05) is 54.1 Å². The highest BCUT2D eigenvalue weighted by Crippen LogP contribution is 2.30. The van der Waals surface area contributed by atoms with Gasteiger partial charge >= 0.3 is 0 Å². The summed E-state index contributed by atoms with van der Waals surface area (Å²) < 4.78 is 5.15. The second-order valence-electron chi connectivity index (χ2n) is 6.94. The zero-order valence-corrected chi connectivity index (χ0v) is 16.6. The Morgan fingerprint density at radius 2 is 1.74 bits per heavy atom. The molecule has 1 atom stereocenters. The minimum atomic E-state index is 0.0175. The van der Waals surface area contributed by atoms with Gasteiger partial charge in [-0.25, -0.2) is 0 Å². The van der Waals surface area contributed by atoms with Crippen LogP contribution in [0.1, 0.15) is 23.5 Å². The van der Waals surface area contributed by atoms with Gasteiger partial charge < -0.3 is 9.64 Å². The highest BCUT2D eigenvalue weighted by molar-refractivity contribution is 6.30. The smallest absolute Gasteiger partial charge is 0.223 e. The number of nitrogens with zero attached hydrogens (tertiary/aromatic N) is 2. The Kier molecular flexibility index (Phi) is 7.27. The third-order valence-electron chi connectivity index (χ3n) is 5.17. The normalized spacial score (nSPS) is 16.3. The molecule has 2 aromatic carbocycles. The summed E-state index contributed by atoms with van der Waals surface area (Å²) in [4.78, 5) is 17.3. The van der Waals surface area contributed by atoms with Crippen molar-refractivity contribution < 1.29 is 9.53 Å². The molecule has 0 radical (unpaired) electrons. The van der Waals surface area contributed by atoms with Crippen LogP contribution in [-0.4, -0.2) is 62.1 Å². The molecule has 0 bridgehead atoms. The monoisotopic (exact) mass is 386 g/mol. The topological polar surface area (TPSA) is 32.8 Å². The first kappa shape index (κ1) is 19.9.